The predicted molar refractivity (Wildman–Crippen MR) is 121 cm³/mol. The molecule has 0 N–H and O–H groups in total. The first kappa shape index (κ1) is 20.4. The highest BCUT2D eigenvalue weighted by molar-refractivity contribution is 6.10. The molecule has 0 saturated carbocycles. The van der Waals surface area contributed by atoms with Crippen LogP contribution in [0.4, 0.5) is 0 Å². The molecule has 0 atom stereocenters. The number of aryl methyl sites for hydroxylation is 1. The Kier molecular flexibility index (Phi) is 5.58. The standard InChI is InChI=1S/C26H23NO4/c1-17-9-11-19(12-10-17)25(28)21-16-27(15-18-7-5-4-6-8-18)22-14-24(31-3)23(30-2)13-20(22)26(21)29/h4-14,16H,15H2,1-3H3. The molecule has 5 heteroatoms. The van der Waals surface area contributed by atoms with Crippen LogP contribution in [-0.2, 0) is 6.54 Å². The van der Waals surface area contributed by atoms with Crippen molar-refractivity contribution in [1.29, 1.82) is 0 Å². The van der Waals surface area contributed by atoms with E-state index in [0.29, 0.717) is 34.5 Å². The molecule has 4 aromatic rings. The van der Waals surface area contributed by atoms with Gasteiger partial charge in [0.25, 0.3) is 0 Å². The van der Waals surface area contributed by atoms with Crippen molar-refractivity contribution in [3.05, 3.63) is 105 Å². The van der Waals surface area contributed by atoms with Crippen LogP contribution in [0.15, 0.2) is 77.7 Å². The maximum atomic E-state index is 13.4. The third-order valence-electron chi connectivity index (χ3n) is 5.34. The number of carbonyl (C=O) groups is 1. The highest BCUT2D eigenvalue weighted by Gasteiger charge is 2.19. The van der Waals surface area contributed by atoms with Gasteiger partial charge >= 0.3 is 0 Å². The van der Waals surface area contributed by atoms with Crippen LogP contribution in [0.2, 0.25) is 0 Å². The Balaban J connectivity index is 1.96. The molecule has 3 aromatic carbocycles. The number of carbonyl (C=O) groups excluding carboxylic acids is 1. The minimum absolute atomic E-state index is 0.125. The van der Waals surface area contributed by atoms with Gasteiger partial charge in [0.15, 0.2) is 17.3 Å². The van der Waals surface area contributed by atoms with Gasteiger partial charge in [0.2, 0.25) is 5.43 Å². The number of methoxy groups -OCH3 is 2. The summed E-state index contributed by atoms with van der Waals surface area (Å²) in [6, 6.07) is 20.5. The fourth-order valence-corrected chi connectivity index (χ4v) is 3.65. The van der Waals surface area contributed by atoms with Crippen molar-refractivity contribution in [1.82, 2.24) is 4.57 Å². The maximum absolute atomic E-state index is 13.4. The van der Waals surface area contributed by atoms with Crippen molar-refractivity contribution in [3.63, 3.8) is 0 Å². The molecule has 1 heterocycles. The van der Waals surface area contributed by atoms with Gasteiger partial charge in [0, 0.05) is 24.4 Å². The molecule has 0 bridgehead atoms. The summed E-state index contributed by atoms with van der Waals surface area (Å²) in [4.78, 5) is 26.6. The normalized spacial score (nSPS) is 10.8. The second kappa shape index (κ2) is 8.48. The monoisotopic (exact) mass is 413 g/mol. The number of fused-ring (bicyclic) bond motifs is 1. The van der Waals surface area contributed by atoms with Crippen LogP contribution >= 0.6 is 0 Å². The summed E-state index contributed by atoms with van der Waals surface area (Å²) < 4.78 is 12.8. The first-order valence-electron chi connectivity index (χ1n) is 9.96. The van der Waals surface area contributed by atoms with Gasteiger partial charge in [-0.15, -0.1) is 0 Å². The average molecular weight is 413 g/mol. The summed E-state index contributed by atoms with van der Waals surface area (Å²) in [5.74, 6) is 0.663. The molecule has 0 aliphatic carbocycles. The smallest absolute Gasteiger partial charge is 0.200 e. The number of ketones is 1. The first-order valence-corrected chi connectivity index (χ1v) is 9.96. The Bertz CT molecular complexity index is 1310. The average Bonchev–Trinajstić information content (AvgIpc) is 2.80. The lowest BCUT2D eigenvalue weighted by Crippen LogP contribution is -2.20. The molecule has 0 radical (unpaired) electrons. The van der Waals surface area contributed by atoms with E-state index in [1.165, 1.54) is 7.11 Å². The Hall–Kier alpha value is -3.86. The van der Waals surface area contributed by atoms with Crippen LogP contribution < -0.4 is 14.9 Å². The summed E-state index contributed by atoms with van der Waals surface area (Å²) in [7, 11) is 3.08. The number of pyridine rings is 1. The number of rotatable bonds is 6. The summed E-state index contributed by atoms with van der Waals surface area (Å²) in [6.07, 6.45) is 1.64. The van der Waals surface area contributed by atoms with E-state index in [1.807, 2.05) is 54.0 Å². The summed E-state index contributed by atoms with van der Waals surface area (Å²) in [5, 5.41) is 0.409. The van der Waals surface area contributed by atoms with Gasteiger partial charge in [0.1, 0.15) is 0 Å². The van der Waals surface area contributed by atoms with Crippen molar-refractivity contribution in [2.24, 2.45) is 0 Å². The lowest BCUT2D eigenvalue weighted by Gasteiger charge is -2.16. The second-order valence-corrected chi connectivity index (χ2v) is 7.40. The fraction of sp³-hybridized carbons (Fsp3) is 0.154. The highest BCUT2D eigenvalue weighted by atomic mass is 16.5. The van der Waals surface area contributed by atoms with Gasteiger partial charge in [-0.3, -0.25) is 9.59 Å². The molecule has 4 rings (SSSR count). The van der Waals surface area contributed by atoms with Gasteiger partial charge in [-0.2, -0.15) is 0 Å². The van der Waals surface area contributed by atoms with E-state index in [9.17, 15) is 9.59 Å². The molecule has 0 amide bonds. The third kappa shape index (κ3) is 3.94. The number of nitrogens with zero attached hydrogens (tertiary/aromatic N) is 1. The molecule has 0 aliphatic rings. The van der Waals surface area contributed by atoms with Crippen molar-refractivity contribution in [3.8, 4) is 11.5 Å². The van der Waals surface area contributed by atoms with E-state index in [1.54, 1.807) is 37.6 Å². The van der Waals surface area contributed by atoms with E-state index < -0.39 is 0 Å². The number of benzene rings is 3. The summed E-state index contributed by atoms with van der Waals surface area (Å²) in [5.41, 5.74) is 3.05. The van der Waals surface area contributed by atoms with Crippen molar-refractivity contribution in [2.45, 2.75) is 13.5 Å². The molecule has 5 nitrogen and oxygen atoms in total. The van der Waals surface area contributed by atoms with Crippen molar-refractivity contribution >= 4 is 16.7 Å². The molecular formula is C26H23NO4. The zero-order chi connectivity index (χ0) is 22.0. The quantitative estimate of drug-likeness (QED) is 0.433. The van der Waals surface area contributed by atoms with Crippen LogP contribution in [0, 0.1) is 6.92 Å². The van der Waals surface area contributed by atoms with Gasteiger partial charge in [-0.25, -0.2) is 0 Å². The number of hydrogen-bond acceptors (Lipinski definition) is 4. The first-order chi connectivity index (χ1) is 15.0. The van der Waals surface area contributed by atoms with E-state index in [2.05, 4.69) is 0 Å². The molecule has 0 aliphatic heterocycles. The number of hydrogen-bond donors (Lipinski definition) is 0. The second-order valence-electron chi connectivity index (χ2n) is 7.40. The molecule has 0 saturated heterocycles. The molecule has 1 aromatic heterocycles. The zero-order valence-corrected chi connectivity index (χ0v) is 17.7. The Morgan fingerprint density at radius 1 is 0.903 bits per heavy atom. The lowest BCUT2D eigenvalue weighted by atomic mass is 10.0. The lowest BCUT2D eigenvalue weighted by molar-refractivity contribution is 0.103. The minimum atomic E-state index is -0.328. The van der Waals surface area contributed by atoms with E-state index in [4.69, 9.17) is 9.47 Å². The Morgan fingerprint density at radius 3 is 2.19 bits per heavy atom. The van der Waals surface area contributed by atoms with E-state index in [-0.39, 0.29) is 16.8 Å². The number of ether oxygens (including phenoxy) is 2. The van der Waals surface area contributed by atoms with Crippen molar-refractivity contribution < 1.29 is 14.3 Å². The molecule has 0 fully saturated rings. The largest absolute Gasteiger partial charge is 0.493 e. The van der Waals surface area contributed by atoms with E-state index >= 15 is 0 Å². The summed E-state index contributed by atoms with van der Waals surface area (Å²) in [6.45, 7) is 2.46. The zero-order valence-electron chi connectivity index (χ0n) is 17.7. The molecule has 31 heavy (non-hydrogen) atoms. The molecular weight excluding hydrogens is 390 g/mol. The predicted octanol–water partition coefficient (Wildman–Crippen LogP) is 4.61. The van der Waals surface area contributed by atoms with Gasteiger partial charge in [-0.05, 0) is 18.6 Å². The summed E-state index contributed by atoms with van der Waals surface area (Å²) >= 11 is 0. The topological polar surface area (TPSA) is 57.5 Å². The maximum Gasteiger partial charge on any atom is 0.200 e. The fourth-order valence-electron chi connectivity index (χ4n) is 3.65. The molecule has 156 valence electrons. The SMILES string of the molecule is COc1cc2c(=O)c(C(=O)c3ccc(C)cc3)cn(Cc3ccccc3)c2cc1OC. The van der Waals surface area contributed by atoms with Crippen LogP contribution in [-0.4, -0.2) is 24.6 Å². The van der Waals surface area contributed by atoms with Crippen LogP contribution in [0.1, 0.15) is 27.0 Å². The Morgan fingerprint density at radius 2 is 1.55 bits per heavy atom. The molecule has 0 unspecified atom stereocenters. The van der Waals surface area contributed by atoms with Crippen LogP contribution in [0.5, 0.6) is 11.5 Å². The van der Waals surface area contributed by atoms with Gasteiger partial charge in [-0.1, -0.05) is 60.2 Å². The minimum Gasteiger partial charge on any atom is -0.493 e. The molecule has 0 spiro atoms. The van der Waals surface area contributed by atoms with Crippen LogP contribution in [0.3, 0.4) is 0 Å². The van der Waals surface area contributed by atoms with Gasteiger partial charge in [0.05, 0.1) is 30.7 Å². The third-order valence-corrected chi connectivity index (χ3v) is 5.34. The Labute approximate surface area is 180 Å². The van der Waals surface area contributed by atoms with Crippen molar-refractivity contribution in [2.75, 3.05) is 14.2 Å². The van der Waals surface area contributed by atoms with Gasteiger partial charge < -0.3 is 14.0 Å². The van der Waals surface area contributed by atoms with Crippen LogP contribution in [0.25, 0.3) is 10.9 Å². The van der Waals surface area contributed by atoms with E-state index in [0.717, 1.165) is 11.1 Å². The number of aromatic nitrogens is 1. The highest BCUT2D eigenvalue weighted by Crippen LogP contribution is 2.31.